The lowest BCUT2D eigenvalue weighted by Crippen LogP contribution is -2.17. The monoisotopic (exact) mass is 406 g/mol. The molecule has 0 unspecified atom stereocenters. The molecule has 0 saturated heterocycles. The molecule has 0 aliphatic heterocycles. The fraction of sp³-hybridized carbons (Fsp3) is 0.300. The first kappa shape index (κ1) is 21.1. The molecule has 1 N–H and O–H groups in total. The molecule has 27 heavy (non-hydrogen) atoms. The highest BCUT2D eigenvalue weighted by molar-refractivity contribution is 8.13. The maximum atomic E-state index is 12.2. The van der Waals surface area contributed by atoms with Crippen LogP contribution in [0.5, 0.6) is 5.75 Å². The summed E-state index contributed by atoms with van der Waals surface area (Å²) in [7, 11) is 3.39. The molecule has 0 fully saturated rings. The average molecular weight is 407 g/mol. The Labute approximate surface area is 169 Å². The number of carbonyl (C=O) groups excluding carboxylic acids is 2. The van der Waals surface area contributed by atoms with E-state index in [1.807, 2.05) is 37.3 Å². The molecule has 0 aromatic heterocycles. The van der Waals surface area contributed by atoms with Crippen molar-refractivity contribution in [1.29, 1.82) is 0 Å². The van der Waals surface area contributed by atoms with Gasteiger partial charge in [0.25, 0.3) is 5.24 Å². The van der Waals surface area contributed by atoms with Crippen molar-refractivity contribution in [1.82, 2.24) is 4.90 Å². The summed E-state index contributed by atoms with van der Waals surface area (Å²) in [5, 5.41) is 3.44. The number of amides is 2. The van der Waals surface area contributed by atoms with Crippen molar-refractivity contribution in [2.24, 2.45) is 0 Å². The fourth-order valence-electron chi connectivity index (χ4n) is 2.25. The van der Waals surface area contributed by atoms with Crippen LogP contribution in [-0.4, -0.2) is 36.7 Å². The Kier molecular flexibility index (Phi) is 8.00. The first-order chi connectivity index (χ1) is 12.9. The number of para-hydroxylation sites is 1. The van der Waals surface area contributed by atoms with Crippen LogP contribution in [0.25, 0.3) is 0 Å². The lowest BCUT2D eigenvalue weighted by atomic mass is 10.2. The molecule has 2 aromatic rings. The average Bonchev–Trinajstić information content (AvgIpc) is 2.61. The zero-order valence-electron chi connectivity index (χ0n) is 15.6. The van der Waals surface area contributed by atoms with Gasteiger partial charge in [-0.05, 0) is 61.0 Å². The molecule has 7 heteroatoms. The maximum absolute atomic E-state index is 12.2. The zero-order chi connectivity index (χ0) is 19.8. The van der Waals surface area contributed by atoms with Crippen molar-refractivity contribution in [2.45, 2.75) is 24.7 Å². The van der Waals surface area contributed by atoms with Gasteiger partial charge in [0.15, 0.2) is 0 Å². The van der Waals surface area contributed by atoms with Gasteiger partial charge >= 0.3 is 0 Å². The van der Waals surface area contributed by atoms with Gasteiger partial charge in [0.05, 0.1) is 12.3 Å². The standard InChI is InChI=1S/C20H23ClN2O3S/c1-14-13-15(21)10-11-17(14)26-12-6-9-19(24)22-16-7-4-5-8-18(16)27-20(25)23(2)3/h4-5,7-8,10-11,13H,6,9,12H2,1-3H3,(H,22,24). The lowest BCUT2D eigenvalue weighted by molar-refractivity contribution is -0.116. The van der Waals surface area contributed by atoms with Crippen LogP contribution < -0.4 is 10.1 Å². The van der Waals surface area contributed by atoms with Crippen molar-refractivity contribution in [3.05, 3.63) is 53.1 Å². The second kappa shape index (κ2) is 10.2. The van der Waals surface area contributed by atoms with Gasteiger partial charge in [-0.15, -0.1) is 0 Å². The van der Waals surface area contributed by atoms with E-state index >= 15 is 0 Å². The van der Waals surface area contributed by atoms with E-state index in [2.05, 4.69) is 5.32 Å². The van der Waals surface area contributed by atoms with Crippen molar-refractivity contribution >= 4 is 40.2 Å². The number of nitrogens with one attached hydrogen (secondary N) is 1. The molecule has 0 aliphatic carbocycles. The van der Waals surface area contributed by atoms with Crippen molar-refractivity contribution < 1.29 is 14.3 Å². The Hall–Kier alpha value is -2.18. The summed E-state index contributed by atoms with van der Waals surface area (Å²) in [4.78, 5) is 26.3. The van der Waals surface area contributed by atoms with Crippen LogP contribution in [0.4, 0.5) is 10.5 Å². The maximum Gasteiger partial charge on any atom is 0.286 e. The number of ether oxygens (including phenoxy) is 1. The number of thioether (sulfide) groups is 1. The third kappa shape index (κ3) is 6.81. The van der Waals surface area contributed by atoms with Gasteiger partial charge in [0, 0.05) is 30.4 Å². The van der Waals surface area contributed by atoms with E-state index in [0.717, 1.165) is 28.0 Å². The number of hydrogen-bond acceptors (Lipinski definition) is 4. The lowest BCUT2D eigenvalue weighted by Gasteiger charge is -2.13. The summed E-state index contributed by atoms with van der Waals surface area (Å²) in [5.74, 6) is 0.653. The van der Waals surface area contributed by atoms with E-state index in [1.54, 1.807) is 26.2 Å². The fourth-order valence-corrected chi connectivity index (χ4v) is 3.22. The van der Waals surface area contributed by atoms with Crippen LogP contribution in [0.1, 0.15) is 18.4 Å². The first-order valence-corrected chi connectivity index (χ1v) is 9.73. The van der Waals surface area contributed by atoms with E-state index in [9.17, 15) is 9.59 Å². The van der Waals surface area contributed by atoms with Gasteiger partial charge in [-0.25, -0.2) is 0 Å². The largest absolute Gasteiger partial charge is 0.493 e. The van der Waals surface area contributed by atoms with Crippen molar-refractivity contribution in [3.8, 4) is 5.75 Å². The van der Waals surface area contributed by atoms with Gasteiger partial charge in [-0.3, -0.25) is 9.59 Å². The van der Waals surface area contributed by atoms with E-state index in [0.29, 0.717) is 30.2 Å². The topological polar surface area (TPSA) is 58.6 Å². The van der Waals surface area contributed by atoms with Crippen molar-refractivity contribution in [3.63, 3.8) is 0 Å². The summed E-state index contributed by atoms with van der Waals surface area (Å²) in [6.45, 7) is 2.36. The van der Waals surface area contributed by atoms with Gasteiger partial charge in [0.2, 0.25) is 5.91 Å². The minimum absolute atomic E-state index is 0.0940. The van der Waals surface area contributed by atoms with Gasteiger partial charge in [-0.1, -0.05) is 23.7 Å². The molecular weight excluding hydrogens is 384 g/mol. The number of nitrogens with zero attached hydrogens (tertiary/aromatic N) is 1. The second-order valence-electron chi connectivity index (χ2n) is 6.17. The summed E-state index contributed by atoms with van der Waals surface area (Å²) in [6, 6.07) is 12.7. The Morgan fingerprint density at radius 2 is 1.93 bits per heavy atom. The van der Waals surface area contributed by atoms with Crippen LogP contribution in [0, 0.1) is 6.92 Å². The molecule has 0 heterocycles. The van der Waals surface area contributed by atoms with Crippen LogP contribution in [0.15, 0.2) is 47.4 Å². The van der Waals surface area contributed by atoms with Crippen molar-refractivity contribution in [2.75, 3.05) is 26.0 Å². The molecule has 2 rings (SSSR count). The normalized spacial score (nSPS) is 10.4. The van der Waals surface area contributed by atoms with E-state index in [1.165, 1.54) is 4.90 Å². The molecule has 0 spiro atoms. The third-order valence-corrected chi connectivity index (χ3v) is 5.02. The van der Waals surface area contributed by atoms with E-state index < -0.39 is 0 Å². The number of aryl methyl sites for hydroxylation is 1. The van der Waals surface area contributed by atoms with Crippen LogP contribution in [0.3, 0.4) is 0 Å². The molecule has 0 atom stereocenters. The highest BCUT2D eigenvalue weighted by Crippen LogP contribution is 2.28. The molecule has 144 valence electrons. The smallest absolute Gasteiger partial charge is 0.286 e. The van der Waals surface area contributed by atoms with Gasteiger partial charge in [0.1, 0.15) is 5.75 Å². The minimum Gasteiger partial charge on any atom is -0.493 e. The molecule has 0 bridgehead atoms. The summed E-state index contributed by atoms with van der Waals surface area (Å²) in [6.07, 6.45) is 0.910. The molecule has 2 amide bonds. The molecule has 0 saturated carbocycles. The van der Waals surface area contributed by atoms with E-state index in [-0.39, 0.29) is 11.1 Å². The minimum atomic E-state index is -0.114. The number of halogens is 1. The predicted molar refractivity (Wildman–Crippen MR) is 111 cm³/mol. The number of anilines is 1. The molecule has 5 nitrogen and oxygen atoms in total. The molecule has 0 radical (unpaired) electrons. The quantitative estimate of drug-likeness (QED) is 0.505. The number of carbonyl (C=O) groups is 2. The Balaban J connectivity index is 1.83. The number of rotatable bonds is 7. The predicted octanol–water partition coefficient (Wildman–Crippen LogP) is 5.22. The first-order valence-electron chi connectivity index (χ1n) is 8.54. The molecule has 0 aliphatic rings. The summed E-state index contributed by atoms with van der Waals surface area (Å²) in [5.41, 5.74) is 1.60. The van der Waals surface area contributed by atoms with Crippen LogP contribution in [-0.2, 0) is 4.79 Å². The zero-order valence-corrected chi connectivity index (χ0v) is 17.2. The van der Waals surface area contributed by atoms with E-state index in [4.69, 9.17) is 16.3 Å². The van der Waals surface area contributed by atoms with Crippen LogP contribution in [0.2, 0.25) is 5.02 Å². The molecule has 2 aromatic carbocycles. The van der Waals surface area contributed by atoms with Crippen LogP contribution >= 0.6 is 23.4 Å². The Morgan fingerprint density at radius 1 is 1.19 bits per heavy atom. The number of hydrogen-bond donors (Lipinski definition) is 1. The third-order valence-electron chi connectivity index (χ3n) is 3.67. The number of benzene rings is 2. The Morgan fingerprint density at radius 3 is 2.63 bits per heavy atom. The summed E-state index contributed by atoms with van der Waals surface area (Å²) >= 11 is 7.01. The van der Waals surface area contributed by atoms with Gasteiger partial charge < -0.3 is 15.0 Å². The summed E-state index contributed by atoms with van der Waals surface area (Å²) < 4.78 is 5.70. The van der Waals surface area contributed by atoms with Gasteiger partial charge in [-0.2, -0.15) is 0 Å². The Bertz CT molecular complexity index is 812. The highest BCUT2D eigenvalue weighted by atomic mass is 35.5. The second-order valence-corrected chi connectivity index (χ2v) is 7.60. The molecular formula is C20H23ClN2O3S. The highest BCUT2D eigenvalue weighted by Gasteiger charge is 2.12. The SMILES string of the molecule is Cc1cc(Cl)ccc1OCCCC(=O)Nc1ccccc1SC(=O)N(C)C.